The molecule has 2 aromatic heterocycles. The third-order valence-electron chi connectivity index (χ3n) is 4.95. The molecule has 3 heterocycles. The second kappa shape index (κ2) is 7.53. The summed E-state index contributed by atoms with van der Waals surface area (Å²) in [6, 6.07) is 21.2. The molecular weight excluding hydrogens is 412 g/mol. The first-order valence-corrected chi connectivity index (χ1v) is 11.6. The lowest BCUT2D eigenvalue weighted by Gasteiger charge is -2.17. The number of hydrazine groups is 2. The Kier molecular flexibility index (Phi) is 4.68. The van der Waals surface area contributed by atoms with Gasteiger partial charge in [-0.25, -0.2) is 13.4 Å². The fraction of sp³-hybridized carbons (Fsp3) is 0.0909. The van der Waals surface area contributed by atoms with Crippen LogP contribution in [0.15, 0.2) is 72.9 Å². The number of fused-ring (bicyclic) bond motifs is 2. The number of anilines is 3. The molecule has 0 fully saturated rings. The average Bonchev–Trinajstić information content (AvgIpc) is 3.15. The molecule has 0 saturated heterocycles. The third-order valence-corrected chi connectivity index (χ3v) is 5.55. The van der Waals surface area contributed by atoms with Crippen LogP contribution in [0.4, 0.5) is 17.2 Å². The van der Waals surface area contributed by atoms with E-state index in [4.69, 9.17) is 4.98 Å². The molecule has 31 heavy (non-hydrogen) atoms. The number of nitrogens with one attached hydrogen (secondary N) is 3. The molecule has 0 amide bonds. The Hall–Kier alpha value is -3.69. The van der Waals surface area contributed by atoms with E-state index in [0.717, 1.165) is 45.5 Å². The molecule has 4 aromatic rings. The molecule has 2 aromatic carbocycles. The monoisotopic (exact) mass is 432 g/mol. The maximum Gasteiger partial charge on any atom is 0.229 e. The van der Waals surface area contributed by atoms with E-state index in [2.05, 4.69) is 32.8 Å². The molecule has 0 saturated carbocycles. The SMILES string of the molecule is CS(=O)(=O)Nc1ccc(-c2ccc3c(n2)N(Cc2ccc4ncccc4c2)NN3)cc1. The van der Waals surface area contributed by atoms with Crippen molar-refractivity contribution in [2.45, 2.75) is 6.54 Å². The molecule has 0 aliphatic carbocycles. The normalized spacial score (nSPS) is 13.1. The van der Waals surface area contributed by atoms with Crippen molar-refractivity contribution in [3.63, 3.8) is 0 Å². The number of sulfonamides is 1. The topological polar surface area (TPSA) is 99.2 Å². The number of nitrogens with zero attached hydrogens (tertiary/aromatic N) is 3. The van der Waals surface area contributed by atoms with Gasteiger partial charge in [-0.15, -0.1) is 5.53 Å². The Morgan fingerprint density at radius 1 is 1.03 bits per heavy atom. The summed E-state index contributed by atoms with van der Waals surface area (Å²) in [7, 11) is -3.31. The molecule has 0 spiro atoms. The second-order valence-electron chi connectivity index (χ2n) is 7.37. The van der Waals surface area contributed by atoms with Gasteiger partial charge in [0, 0.05) is 22.8 Å². The predicted octanol–water partition coefficient (Wildman–Crippen LogP) is 3.52. The van der Waals surface area contributed by atoms with Crippen molar-refractivity contribution in [1.82, 2.24) is 15.5 Å². The van der Waals surface area contributed by atoms with Gasteiger partial charge in [0.1, 0.15) is 0 Å². The van der Waals surface area contributed by atoms with E-state index in [1.807, 2.05) is 47.5 Å². The number of hydrogen-bond acceptors (Lipinski definition) is 7. The molecule has 3 N–H and O–H groups in total. The fourth-order valence-corrected chi connectivity index (χ4v) is 4.10. The summed E-state index contributed by atoms with van der Waals surface area (Å²) in [5.74, 6) is 0.794. The fourth-order valence-electron chi connectivity index (χ4n) is 3.54. The minimum atomic E-state index is -3.31. The van der Waals surface area contributed by atoms with E-state index in [0.29, 0.717) is 12.2 Å². The summed E-state index contributed by atoms with van der Waals surface area (Å²) >= 11 is 0. The van der Waals surface area contributed by atoms with Crippen LogP contribution >= 0.6 is 0 Å². The summed E-state index contributed by atoms with van der Waals surface area (Å²) in [5, 5.41) is 3.05. The standard InChI is InChI=1S/C22H20N6O2S/c1-31(29,30)26-18-7-5-16(6-8-18)20-10-11-21-22(24-20)28(27-25-21)14-15-4-9-19-17(13-15)3-2-12-23-19/h2-13,25-27H,14H2,1H3. The zero-order chi connectivity index (χ0) is 21.4. The van der Waals surface area contributed by atoms with Crippen LogP contribution in [0.1, 0.15) is 5.56 Å². The molecule has 5 rings (SSSR count). The van der Waals surface area contributed by atoms with Gasteiger partial charge >= 0.3 is 0 Å². The predicted molar refractivity (Wildman–Crippen MR) is 123 cm³/mol. The van der Waals surface area contributed by atoms with Crippen LogP contribution in [-0.4, -0.2) is 24.6 Å². The zero-order valence-corrected chi connectivity index (χ0v) is 17.5. The van der Waals surface area contributed by atoms with Crippen LogP contribution in [0.3, 0.4) is 0 Å². The van der Waals surface area contributed by atoms with Crippen molar-refractivity contribution in [3.05, 3.63) is 78.5 Å². The van der Waals surface area contributed by atoms with Crippen molar-refractivity contribution in [2.75, 3.05) is 21.4 Å². The second-order valence-corrected chi connectivity index (χ2v) is 9.12. The first-order valence-electron chi connectivity index (χ1n) is 9.67. The summed E-state index contributed by atoms with van der Waals surface area (Å²) in [5.41, 5.74) is 11.5. The van der Waals surface area contributed by atoms with Gasteiger partial charge in [-0.1, -0.05) is 24.3 Å². The highest BCUT2D eigenvalue weighted by Gasteiger charge is 2.21. The lowest BCUT2D eigenvalue weighted by molar-refractivity contribution is 0.607. The van der Waals surface area contributed by atoms with Gasteiger partial charge in [0.2, 0.25) is 10.0 Å². The molecule has 0 bridgehead atoms. The smallest absolute Gasteiger partial charge is 0.229 e. The van der Waals surface area contributed by atoms with Gasteiger partial charge in [0.25, 0.3) is 0 Å². The molecule has 0 atom stereocenters. The van der Waals surface area contributed by atoms with Gasteiger partial charge < -0.3 is 5.43 Å². The van der Waals surface area contributed by atoms with Gasteiger partial charge in [-0.2, -0.15) is 0 Å². The maximum atomic E-state index is 11.4. The van der Waals surface area contributed by atoms with E-state index in [1.165, 1.54) is 0 Å². The summed E-state index contributed by atoms with van der Waals surface area (Å²) < 4.78 is 25.3. The largest absolute Gasteiger partial charge is 0.300 e. The number of benzene rings is 2. The Morgan fingerprint density at radius 2 is 1.87 bits per heavy atom. The highest BCUT2D eigenvalue weighted by atomic mass is 32.2. The van der Waals surface area contributed by atoms with E-state index in [9.17, 15) is 8.42 Å². The first kappa shape index (κ1) is 19.3. The van der Waals surface area contributed by atoms with E-state index in [-0.39, 0.29) is 0 Å². The van der Waals surface area contributed by atoms with Crippen LogP contribution < -0.4 is 20.7 Å². The molecule has 156 valence electrons. The first-order chi connectivity index (χ1) is 14.9. The van der Waals surface area contributed by atoms with Gasteiger partial charge in [-0.05, 0) is 48.0 Å². The Bertz CT molecular complexity index is 1370. The van der Waals surface area contributed by atoms with Crippen molar-refractivity contribution < 1.29 is 8.42 Å². The van der Waals surface area contributed by atoms with E-state index < -0.39 is 10.0 Å². The quantitative estimate of drug-likeness (QED) is 0.444. The van der Waals surface area contributed by atoms with Crippen molar-refractivity contribution >= 4 is 38.1 Å². The molecule has 9 heteroatoms. The number of rotatable bonds is 5. The van der Waals surface area contributed by atoms with Crippen LogP contribution in [0.5, 0.6) is 0 Å². The highest BCUT2D eigenvalue weighted by molar-refractivity contribution is 7.92. The van der Waals surface area contributed by atoms with Crippen LogP contribution in [-0.2, 0) is 16.6 Å². The third kappa shape index (κ3) is 4.14. The summed E-state index contributed by atoms with van der Waals surface area (Å²) in [6.45, 7) is 0.624. The zero-order valence-electron chi connectivity index (χ0n) is 16.7. The molecule has 1 aliphatic rings. The van der Waals surface area contributed by atoms with Crippen molar-refractivity contribution in [1.29, 1.82) is 0 Å². The van der Waals surface area contributed by atoms with Gasteiger partial charge in [0.05, 0.1) is 29.7 Å². The molecular formula is C22H20N6O2S. The van der Waals surface area contributed by atoms with Crippen LogP contribution in [0.2, 0.25) is 0 Å². The number of hydrogen-bond donors (Lipinski definition) is 3. The van der Waals surface area contributed by atoms with Crippen LogP contribution in [0.25, 0.3) is 22.2 Å². The van der Waals surface area contributed by atoms with Gasteiger partial charge in [-0.3, -0.25) is 14.7 Å². The Labute approximate surface area is 180 Å². The van der Waals surface area contributed by atoms with Crippen molar-refractivity contribution in [3.8, 4) is 11.3 Å². The molecule has 0 unspecified atom stereocenters. The van der Waals surface area contributed by atoms with Crippen LogP contribution in [0, 0.1) is 0 Å². The molecule has 0 radical (unpaired) electrons. The number of pyridine rings is 2. The minimum absolute atomic E-state index is 0.517. The van der Waals surface area contributed by atoms with Crippen molar-refractivity contribution in [2.24, 2.45) is 0 Å². The highest BCUT2D eigenvalue weighted by Crippen LogP contribution is 2.31. The molecule has 1 aliphatic heterocycles. The lowest BCUT2D eigenvalue weighted by Crippen LogP contribution is -2.35. The van der Waals surface area contributed by atoms with E-state index in [1.54, 1.807) is 18.3 Å². The Balaban J connectivity index is 1.40. The Morgan fingerprint density at radius 3 is 2.68 bits per heavy atom. The lowest BCUT2D eigenvalue weighted by atomic mass is 10.1. The summed E-state index contributed by atoms with van der Waals surface area (Å²) in [4.78, 5) is 9.19. The van der Waals surface area contributed by atoms with Gasteiger partial charge in [0.15, 0.2) is 5.82 Å². The minimum Gasteiger partial charge on any atom is -0.300 e. The van der Waals surface area contributed by atoms with E-state index >= 15 is 0 Å². The maximum absolute atomic E-state index is 11.4. The number of aromatic nitrogens is 2. The molecule has 8 nitrogen and oxygen atoms in total. The summed E-state index contributed by atoms with van der Waals surface area (Å²) in [6.07, 6.45) is 2.92. The average molecular weight is 433 g/mol.